The van der Waals surface area contributed by atoms with Gasteiger partial charge in [0.2, 0.25) is 0 Å². The van der Waals surface area contributed by atoms with Gasteiger partial charge in [0.15, 0.2) is 0 Å². The van der Waals surface area contributed by atoms with Crippen molar-refractivity contribution in [2.24, 2.45) is 0 Å². The molecule has 0 radical (unpaired) electrons. The summed E-state index contributed by atoms with van der Waals surface area (Å²) in [6, 6.07) is 0.319. The molecule has 0 amide bonds. The third kappa shape index (κ3) is 4.37. The van der Waals surface area contributed by atoms with E-state index in [0.717, 1.165) is 46.0 Å². The summed E-state index contributed by atoms with van der Waals surface area (Å²) in [5.41, 5.74) is 0. The average molecular weight is 230 g/mol. The van der Waals surface area contributed by atoms with E-state index in [4.69, 9.17) is 9.47 Å². The van der Waals surface area contributed by atoms with Gasteiger partial charge in [0, 0.05) is 19.7 Å². The van der Waals surface area contributed by atoms with Crippen LogP contribution >= 0.6 is 0 Å². The zero-order chi connectivity index (χ0) is 11.8. The first kappa shape index (κ1) is 13.9. The van der Waals surface area contributed by atoms with Crippen molar-refractivity contribution in [3.8, 4) is 0 Å². The number of nitrogens with one attached hydrogen (secondary N) is 1. The molecule has 96 valence electrons. The molecule has 1 aliphatic heterocycles. The zero-order valence-corrected chi connectivity index (χ0v) is 10.9. The summed E-state index contributed by atoms with van der Waals surface area (Å²) in [5, 5.41) is 3.46. The highest BCUT2D eigenvalue weighted by molar-refractivity contribution is 4.82. The van der Waals surface area contributed by atoms with E-state index < -0.39 is 0 Å². The van der Waals surface area contributed by atoms with Crippen LogP contribution in [0.25, 0.3) is 0 Å². The molecule has 1 fully saturated rings. The Labute approximate surface area is 99.3 Å². The molecule has 0 spiro atoms. The third-order valence-electron chi connectivity index (χ3n) is 3.04. The third-order valence-corrected chi connectivity index (χ3v) is 3.04. The maximum Gasteiger partial charge on any atom is 0.0877 e. The van der Waals surface area contributed by atoms with Crippen molar-refractivity contribution in [3.05, 3.63) is 0 Å². The number of hydrogen-bond donors (Lipinski definition) is 1. The molecule has 0 aromatic rings. The van der Waals surface area contributed by atoms with Crippen molar-refractivity contribution in [3.63, 3.8) is 0 Å². The molecule has 2 atom stereocenters. The van der Waals surface area contributed by atoms with E-state index in [-0.39, 0.29) is 6.10 Å². The molecule has 16 heavy (non-hydrogen) atoms. The van der Waals surface area contributed by atoms with Gasteiger partial charge in [-0.2, -0.15) is 0 Å². The molecule has 1 saturated heterocycles. The van der Waals surface area contributed by atoms with Crippen molar-refractivity contribution < 1.29 is 9.47 Å². The minimum absolute atomic E-state index is 0.264. The van der Waals surface area contributed by atoms with Crippen LogP contribution in [0.1, 0.15) is 20.8 Å². The van der Waals surface area contributed by atoms with Crippen molar-refractivity contribution in [1.29, 1.82) is 0 Å². The van der Waals surface area contributed by atoms with Gasteiger partial charge in [0.05, 0.1) is 25.4 Å². The van der Waals surface area contributed by atoms with Crippen LogP contribution in [0.2, 0.25) is 0 Å². The fourth-order valence-electron chi connectivity index (χ4n) is 2.07. The molecule has 1 rings (SSSR count). The maximum atomic E-state index is 5.84. The van der Waals surface area contributed by atoms with Gasteiger partial charge in [-0.1, -0.05) is 13.8 Å². The van der Waals surface area contributed by atoms with Crippen LogP contribution in [0.4, 0.5) is 0 Å². The van der Waals surface area contributed by atoms with E-state index in [2.05, 4.69) is 24.1 Å². The molecule has 1 heterocycles. The second kappa shape index (κ2) is 8.01. The Morgan fingerprint density at radius 1 is 1.44 bits per heavy atom. The highest BCUT2D eigenvalue weighted by Crippen LogP contribution is 2.09. The van der Waals surface area contributed by atoms with Gasteiger partial charge in [-0.15, -0.1) is 0 Å². The lowest BCUT2D eigenvalue weighted by Crippen LogP contribution is -2.53. The van der Waals surface area contributed by atoms with E-state index >= 15 is 0 Å². The first-order valence-electron chi connectivity index (χ1n) is 6.46. The Bertz CT molecular complexity index is 176. The zero-order valence-electron chi connectivity index (χ0n) is 10.9. The molecule has 2 unspecified atom stereocenters. The Balaban J connectivity index is 2.41. The minimum Gasteiger partial charge on any atom is -0.380 e. The monoisotopic (exact) mass is 230 g/mol. The molecule has 0 aromatic heterocycles. The van der Waals surface area contributed by atoms with Crippen LogP contribution in [0, 0.1) is 0 Å². The van der Waals surface area contributed by atoms with Crippen molar-refractivity contribution >= 4 is 0 Å². The standard InChI is InChI=1S/C12H26N2O2/c1-4-13-11(10-15-6-3)12-9-14(5-2)7-8-16-12/h11-13H,4-10H2,1-3H3. The molecule has 4 heteroatoms. The van der Waals surface area contributed by atoms with E-state index in [1.54, 1.807) is 0 Å². The van der Waals surface area contributed by atoms with Gasteiger partial charge in [0.1, 0.15) is 0 Å². The van der Waals surface area contributed by atoms with Gasteiger partial charge in [-0.3, -0.25) is 4.90 Å². The number of likely N-dealkylation sites (N-methyl/N-ethyl adjacent to an activating group) is 2. The smallest absolute Gasteiger partial charge is 0.0877 e. The van der Waals surface area contributed by atoms with Crippen LogP contribution in [-0.4, -0.2) is 63.0 Å². The predicted octanol–water partition coefficient (Wildman–Crippen LogP) is 0.722. The van der Waals surface area contributed by atoms with E-state index in [1.807, 2.05) is 6.92 Å². The van der Waals surface area contributed by atoms with E-state index in [1.165, 1.54) is 0 Å². The first-order chi connectivity index (χ1) is 7.81. The van der Waals surface area contributed by atoms with Crippen molar-refractivity contribution in [2.75, 3.05) is 46.0 Å². The molecule has 0 aromatic carbocycles. The highest BCUT2D eigenvalue weighted by Gasteiger charge is 2.26. The number of hydrogen-bond acceptors (Lipinski definition) is 4. The summed E-state index contributed by atoms with van der Waals surface area (Å²) < 4.78 is 11.3. The fraction of sp³-hybridized carbons (Fsp3) is 1.00. The number of ether oxygens (including phenoxy) is 2. The molecule has 1 N–H and O–H groups in total. The summed E-state index contributed by atoms with van der Waals surface area (Å²) in [6.45, 7) is 12.8. The normalized spacial score (nSPS) is 24.6. The van der Waals surface area contributed by atoms with Crippen LogP contribution in [0.5, 0.6) is 0 Å². The molecule has 4 nitrogen and oxygen atoms in total. The highest BCUT2D eigenvalue weighted by atomic mass is 16.5. The predicted molar refractivity (Wildman–Crippen MR) is 65.8 cm³/mol. The summed E-state index contributed by atoms with van der Waals surface area (Å²) in [6.07, 6.45) is 0.264. The second-order valence-electron chi connectivity index (χ2n) is 4.13. The summed E-state index contributed by atoms with van der Waals surface area (Å²) in [7, 11) is 0. The van der Waals surface area contributed by atoms with Crippen molar-refractivity contribution in [1.82, 2.24) is 10.2 Å². The fourth-order valence-corrected chi connectivity index (χ4v) is 2.07. The van der Waals surface area contributed by atoms with Crippen LogP contribution in [0.15, 0.2) is 0 Å². The van der Waals surface area contributed by atoms with Gasteiger partial charge in [-0.05, 0) is 20.0 Å². The van der Waals surface area contributed by atoms with Gasteiger partial charge in [0.25, 0.3) is 0 Å². The number of nitrogens with zero attached hydrogens (tertiary/aromatic N) is 1. The topological polar surface area (TPSA) is 33.7 Å². The molecule has 0 bridgehead atoms. The first-order valence-corrected chi connectivity index (χ1v) is 6.46. The molecule has 1 aliphatic rings. The van der Waals surface area contributed by atoms with Gasteiger partial charge in [-0.25, -0.2) is 0 Å². The summed E-state index contributed by atoms with van der Waals surface area (Å²) >= 11 is 0. The summed E-state index contributed by atoms with van der Waals surface area (Å²) in [4.78, 5) is 2.43. The van der Waals surface area contributed by atoms with Crippen molar-refractivity contribution in [2.45, 2.75) is 32.9 Å². The Kier molecular flexibility index (Phi) is 6.96. The van der Waals surface area contributed by atoms with E-state index in [0.29, 0.717) is 6.04 Å². The van der Waals surface area contributed by atoms with Crippen LogP contribution < -0.4 is 5.32 Å². The molecular weight excluding hydrogens is 204 g/mol. The molecule has 0 saturated carbocycles. The van der Waals surface area contributed by atoms with Crippen LogP contribution in [0.3, 0.4) is 0 Å². The van der Waals surface area contributed by atoms with Crippen LogP contribution in [-0.2, 0) is 9.47 Å². The Morgan fingerprint density at radius 2 is 2.25 bits per heavy atom. The van der Waals surface area contributed by atoms with Gasteiger partial charge < -0.3 is 14.8 Å². The Hall–Kier alpha value is -0.160. The number of morpholine rings is 1. The maximum absolute atomic E-state index is 5.84. The SMILES string of the molecule is CCNC(COCC)C1CN(CC)CCO1. The lowest BCUT2D eigenvalue weighted by Gasteiger charge is -2.36. The average Bonchev–Trinajstić information content (AvgIpc) is 2.34. The molecular formula is C12H26N2O2. The molecule has 0 aliphatic carbocycles. The largest absolute Gasteiger partial charge is 0.380 e. The number of rotatable bonds is 7. The second-order valence-corrected chi connectivity index (χ2v) is 4.13. The lowest BCUT2D eigenvalue weighted by atomic mass is 10.1. The van der Waals surface area contributed by atoms with Gasteiger partial charge >= 0.3 is 0 Å². The Morgan fingerprint density at radius 3 is 2.88 bits per heavy atom. The quantitative estimate of drug-likeness (QED) is 0.699. The minimum atomic E-state index is 0.264. The summed E-state index contributed by atoms with van der Waals surface area (Å²) in [5.74, 6) is 0. The lowest BCUT2D eigenvalue weighted by molar-refractivity contribution is -0.0591. The van der Waals surface area contributed by atoms with E-state index in [9.17, 15) is 0 Å².